The lowest BCUT2D eigenvalue weighted by Gasteiger charge is -2.28. The molecule has 2 aromatic carbocycles. The Labute approximate surface area is 124 Å². The normalized spacial score (nSPS) is 11.8. The first kappa shape index (κ1) is 14.8. The average Bonchev–Trinajstić information content (AvgIpc) is 2.57. The van der Waals surface area contributed by atoms with Gasteiger partial charge in [-0.05, 0) is 18.1 Å². The molecule has 1 N–H and O–H groups in total. The summed E-state index contributed by atoms with van der Waals surface area (Å²) in [6.45, 7) is 2.26. The molecule has 2 aromatic rings. The van der Waals surface area contributed by atoms with Crippen LogP contribution in [0.1, 0.15) is 18.1 Å². The quantitative estimate of drug-likeness (QED) is 0.674. The molecule has 21 heavy (non-hydrogen) atoms. The van der Waals surface area contributed by atoms with Gasteiger partial charge in [0.25, 0.3) is 0 Å². The lowest BCUT2D eigenvalue weighted by Crippen LogP contribution is -2.29. The van der Waals surface area contributed by atoms with Crippen LogP contribution in [-0.4, -0.2) is 11.7 Å². The van der Waals surface area contributed by atoms with Gasteiger partial charge >= 0.3 is 0 Å². The summed E-state index contributed by atoms with van der Waals surface area (Å²) >= 11 is 0. The van der Waals surface area contributed by atoms with Gasteiger partial charge in [-0.2, -0.15) is 5.26 Å². The Hall–Kier alpha value is -2.57. The highest BCUT2D eigenvalue weighted by atomic mass is 16.5. The van der Waals surface area contributed by atoms with Crippen molar-refractivity contribution in [2.75, 3.05) is 6.61 Å². The van der Waals surface area contributed by atoms with Crippen LogP contribution in [0.4, 0.5) is 0 Å². The molecule has 0 aromatic heterocycles. The molecule has 0 aliphatic carbocycles. The highest BCUT2D eigenvalue weighted by molar-refractivity contribution is 5.49. The Kier molecular flexibility index (Phi) is 4.76. The fourth-order valence-corrected chi connectivity index (χ4v) is 2.20. The van der Waals surface area contributed by atoms with Crippen LogP contribution in [0, 0.1) is 11.3 Å². The van der Waals surface area contributed by atoms with Crippen molar-refractivity contribution in [1.82, 2.24) is 0 Å². The Morgan fingerprint density at radius 2 is 1.57 bits per heavy atom. The molecule has 0 fully saturated rings. The Morgan fingerprint density at radius 3 is 1.95 bits per heavy atom. The molecular formula is C18H17NO2. The zero-order valence-electron chi connectivity index (χ0n) is 11.9. The van der Waals surface area contributed by atoms with Gasteiger partial charge in [0.15, 0.2) is 5.60 Å². The van der Waals surface area contributed by atoms with Crippen LogP contribution in [-0.2, 0) is 10.3 Å². The van der Waals surface area contributed by atoms with Gasteiger partial charge in [-0.1, -0.05) is 60.7 Å². The lowest BCUT2D eigenvalue weighted by molar-refractivity contribution is 0.119. The van der Waals surface area contributed by atoms with E-state index in [0.717, 1.165) is 0 Å². The first-order valence-electron chi connectivity index (χ1n) is 6.79. The Balaban J connectivity index is 2.63. The molecule has 0 aliphatic heterocycles. The Morgan fingerprint density at radius 1 is 1.10 bits per heavy atom. The monoisotopic (exact) mass is 279 g/mol. The fraction of sp³-hybridized carbons (Fsp3) is 0.167. The predicted octanol–water partition coefficient (Wildman–Crippen LogP) is 3.37. The van der Waals surface area contributed by atoms with E-state index in [1.165, 1.54) is 6.26 Å². The highest BCUT2D eigenvalue weighted by Crippen LogP contribution is 2.36. The van der Waals surface area contributed by atoms with Crippen LogP contribution in [0.25, 0.3) is 0 Å². The lowest BCUT2D eigenvalue weighted by atomic mass is 9.81. The van der Waals surface area contributed by atoms with Gasteiger partial charge in [-0.3, -0.25) is 0 Å². The molecule has 3 nitrogen and oxygen atoms in total. The number of ether oxygens (including phenoxy) is 1. The van der Waals surface area contributed by atoms with Crippen molar-refractivity contribution in [2.45, 2.75) is 12.5 Å². The summed E-state index contributed by atoms with van der Waals surface area (Å²) in [5.41, 5.74) is -0.110. The summed E-state index contributed by atoms with van der Waals surface area (Å²) in [6, 6.07) is 20.3. The third-order valence-corrected chi connectivity index (χ3v) is 3.26. The molecular weight excluding hydrogens is 262 g/mol. The van der Waals surface area contributed by atoms with Gasteiger partial charge in [-0.15, -0.1) is 0 Å². The molecule has 0 aliphatic rings. The Bertz CT molecular complexity index is 602. The van der Waals surface area contributed by atoms with Crippen molar-refractivity contribution in [3.8, 4) is 6.07 Å². The van der Waals surface area contributed by atoms with E-state index >= 15 is 0 Å². The number of benzene rings is 2. The number of rotatable bonds is 5. The van der Waals surface area contributed by atoms with Gasteiger partial charge < -0.3 is 9.84 Å². The van der Waals surface area contributed by atoms with Gasteiger partial charge in [0.05, 0.1) is 6.61 Å². The first-order chi connectivity index (χ1) is 10.2. The second kappa shape index (κ2) is 6.74. The third-order valence-electron chi connectivity index (χ3n) is 3.26. The predicted molar refractivity (Wildman–Crippen MR) is 81.2 cm³/mol. The summed E-state index contributed by atoms with van der Waals surface area (Å²) in [5.74, 6) is 0. The van der Waals surface area contributed by atoms with Crippen LogP contribution in [0.5, 0.6) is 0 Å². The summed E-state index contributed by atoms with van der Waals surface area (Å²) in [7, 11) is 0. The first-order valence-corrected chi connectivity index (χ1v) is 6.79. The SMILES string of the molecule is CCO/C=C(/C#N)C(O)(c1ccccc1)c1ccccc1. The molecule has 0 atom stereocenters. The van der Waals surface area contributed by atoms with Gasteiger partial charge in [0, 0.05) is 0 Å². The molecule has 0 heterocycles. The van der Waals surface area contributed by atoms with E-state index < -0.39 is 5.60 Å². The van der Waals surface area contributed by atoms with Gasteiger partial charge in [0.2, 0.25) is 0 Å². The molecule has 0 saturated carbocycles. The fourth-order valence-electron chi connectivity index (χ4n) is 2.20. The van der Waals surface area contributed by atoms with E-state index in [-0.39, 0.29) is 5.57 Å². The van der Waals surface area contributed by atoms with Crippen LogP contribution in [0.2, 0.25) is 0 Å². The maximum atomic E-state index is 11.3. The van der Waals surface area contributed by atoms with Crippen molar-refractivity contribution < 1.29 is 9.84 Å². The van der Waals surface area contributed by atoms with Crippen molar-refractivity contribution in [1.29, 1.82) is 5.26 Å². The second-order valence-corrected chi connectivity index (χ2v) is 4.54. The van der Waals surface area contributed by atoms with Crippen LogP contribution in [0.15, 0.2) is 72.5 Å². The zero-order valence-corrected chi connectivity index (χ0v) is 11.9. The van der Waals surface area contributed by atoms with E-state index in [1.54, 1.807) is 24.3 Å². The maximum Gasteiger partial charge on any atom is 0.153 e. The molecule has 2 rings (SSSR count). The van der Waals surface area contributed by atoms with Crippen LogP contribution >= 0.6 is 0 Å². The van der Waals surface area contributed by atoms with Crippen molar-refractivity contribution in [3.05, 3.63) is 83.6 Å². The molecule has 0 bridgehead atoms. The van der Waals surface area contributed by atoms with Crippen molar-refractivity contribution in [3.63, 3.8) is 0 Å². The summed E-state index contributed by atoms with van der Waals surface area (Å²) < 4.78 is 5.23. The van der Waals surface area contributed by atoms with Gasteiger partial charge in [0.1, 0.15) is 17.9 Å². The van der Waals surface area contributed by atoms with Crippen molar-refractivity contribution >= 4 is 0 Å². The largest absolute Gasteiger partial charge is 0.500 e. The minimum atomic E-state index is -1.52. The molecule has 0 unspecified atom stereocenters. The molecule has 106 valence electrons. The van der Waals surface area contributed by atoms with E-state index in [0.29, 0.717) is 17.7 Å². The summed E-state index contributed by atoms with van der Waals surface area (Å²) in [6.07, 6.45) is 1.33. The number of aliphatic hydroxyl groups is 1. The molecule has 3 heteroatoms. The van der Waals surface area contributed by atoms with E-state index in [9.17, 15) is 10.4 Å². The van der Waals surface area contributed by atoms with Crippen molar-refractivity contribution in [2.24, 2.45) is 0 Å². The number of nitrogens with zero attached hydrogens (tertiary/aromatic N) is 1. The number of hydrogen-bond donors (Lipinski definition) is 1. The smallest absolute Gasteiger partial charge is 0.153 e. The summed E-state index contributed by atoms with van der Waals surface area (Å²) in [5, 5.41) is 20.7. The highest BCUT2D eigenvalue weighted by Gasteiger charge is 2.36. The topological polar surface area (TPSA) is 53.2 Å². The zero-order chi connectivity index (χ0) is 15.1. The maximum absolute atomic E-state index is 11.3. The number of nitriles is 1. The molecule has 0 saturated heterocycles. The minimum Gasteiger partial charge on any atom is -0.500 e. The molecule has 0 spiro atoms. The van der Waals surface area contributed by atoms with E-state index in [4.69, 9.17) is 4.74 Å². The third kappa shape index (κ3) is 2.96. The van der Waals surface area contributed by atoms with Crippen LogP contribution < -0.4 is 0 Å². The molecule has 0 radical (unpaired) electrons. The summed E-state index contributed by atoms with van der Waals surface area (Å²) in [4.78, 5) is 0. The average molecular weight is 279 g/mol. The van der Waals surface area contributed by atoms with E-state index in [1.807, 2.05) is 43.3 Å². The molecule has 0 amide bonds. The number of hydrogen-bond acceptors (Lipinski definition) is 3. The van der Waals surface area contributed by atoms with Gasteiger partial charge in [-0.25, -0.2) is 0 Å². The second-order valence-electron chi connectivity index (χ2n) is 4.54. The van der Waals surface area contributed by atoms with E-state index in [2.05, 4.69) is 6.07 Å². The minimum absolute atomic E-state index is 0.154. The van der Waals surface area contributed by atoms with Crippen LogP contribution in [0.3, 0.4) is 0 Å². The standard InChI is InChI=1S/C18H17NO2/c1-2-21-14-17(13-19)18(20,15-9-5-3-6-10-15)16-11-7-4-8-12-16/h3-12,14,20H,2H2,1H3/b17-14-.